The van der Waals surface area contributed by atoms with Crippen molar-refractivity contribution in [1.82, 2.24) is 14.8 Å². The van der Waals surface area contributed by atoms with Crippen molar-refractivity contribution < 1.29 is 14.0 Å². The van der Waals surface area contributed by atoms with Crippen LogP contribution in [0.3, 0.4) is 0 Å². The Morgan fingerprint density at radius 3 is 2.49 bits per heavy atom. The van der Waals surface area contributed by atoms with Gasteiger partial charge in [0.2, 0.25) is 11.8 Å². The summed E-state index contributed by atoms with van der Waals surface area (Å²) in [6.07, 6.45) is 3.23. The van der Waals surface area contributed by atoms with Crippen LogP contribution in [0.15, 0.2) is 90.1 Å². The zero-order valence-electron chi connectivity index (χ0n) is 18.8. The number of halogens is 1. The van der Waals surface area contributed by atoms with Gasteiger partial charge in [-0.25, -0.2) is 4.39 Å². The van der Waals surface area contributed by atoms with Crippen molar-refractivity contribution >= 4 is 41.0 Å². The maximum absolute atomic E-state index is 13.0. The number of rotatable bonds is 8. The van der Waals surface area contributed by atoms with Crippen LogP contribution in [0.25, 0.3) is 17.5 Å². The number of carbonyl (C=O) groups excluding carboxylic acids is 2. The molecular weight excluding hydrogens is 465 g/mol. The molecule has 2 N–H and O–H groups in total. The second kappa shape index (κ2) is 11.3. The highest BCUT2D eigenvalue weighted by Gasteiger charge is 2.14. The summed E-state index contributed by atoms with van der Waals surface area (Å²) in [5.74, 6) is -0.127. The average Bonchev–Trinajstić information content (AvgIpc) is 3.24. The van der Waals surface area contributed by atoms with E-state index in [1.807, 2.05) is 55.6 Å². The first-order chi connectivity index (χ1) is 17.0. The lowest BCUT2D eigenvalue weighted by atomic mass is 10.2. The first kappa shape index (κ1) is 23.9. The molecule has 0 atom stereocenters. The van der Waals surface area contributed by atoms with Crippen molar-refractivity contribution in [3.05, 3.63) is 96.3 Å². The van der Waals surface area contributed by atoms with Crippen molar-refractivity contribution in [3.63, 3.8) is 0 Å². The van der Waals surface area contributed by atoms with Crippen LogP contribution in [0.2, 0.25) is 0 Å². The molecule has 9 heteroatoms. The normalized spacial score (nSPS) is 10.9. The van der Waals surface area contributed by atoms with Crippen molar-refractivity contribution in [1.29, 1.82) is 0 Å². The van der Waals surface area contributed by atoms with Crippen LogP contribution < -0.4 is 10.6 Å². The number of thioether (sulfide) groups is 1. The Morgan fingerprint density at radius 1 is 0.943 bits per heavy atom. The molecule has 35 heavy (non-hydrogen) atoms. The molecule has 4 rings (SSSR count). The minimum atomic E-state index is -0.365. The molecule has 1 heterocycles. The van der Waals surface area contributed by atoms with Gasteiger partial charge in [-0.3, -0.25) is 9.59 Å². The highest BCUT2D eigenvalue weighted by atomic mass is 32.2. The maximum atomic E-state index is 13.0. The van der Waals surface area contributed by atoms with Gasteiger partial charge >= 0.3 is 0 Å². The summed E-state index contributed by atoms with van der Waals surface area (Å²) in [6, 6.07) is 22.4. The summed E-state index contributed by atoms with van der Waals surface area (Å²) in [6.45, 7) is 0. The molecule has 3 aromatic carbocycles. The van der Waals surface area contributed by atoms with Crippen LogP contribution in [0, 0.1) is 5.82 Å². The highest BCUT2D eigenvalue weighted by Crippen LogP contribution is 2.25. The Morgan fingerprint density at radius 2 is 1.71 bits per heavy atom. The molecule has 0 saturated carbocycles. The van der Waals surface area contributed by atoms with E-state index in [2.05, 4.69) is 20.8 Å². The fourth-order valence-electron chi connectivity index (χ4n) is 3.21. The second-order valence-electron chi connectivity index (χ2n) is 7.52. The molecule has 0 radical (unpaired) electrons. The van der Waals surface area contributed by atoms with Crippen molar-refractivity contribution in [2.75, 3.05) is 16.4 Å². The van der Waals surface area contributed by atoms with Gasteiger partial charge in [0.25, 0.3) is 0 Å². The van der Waals surface area contributed by atoms with Crippen LogP contribution in [-0.2, 0) is 16.6 Å². The molecule has 1 aromatic heterocycles. The van der Waals surface area contributed by atoms with E-state index in [1.165, 1.54) is 42.1 Å². The van der Waals surface area contributed by atoms with Gasteiger partial charge in [0.05, 0.1) is 5.75 Å². The monoisotopic (exact) mass is 487 g/mol. The number of nitrogens with zero attached hydrogens (tertiary/aromatic N) is 3. The number of benzene rings is 3. The topological polar surface area (TPSA) is 88.9 Å². The van der Waals surface area contributed by atoms with Gasteiger partial charge in [-0.2, -0.15) is 0 Å². The van der Waals surface area contributed by atoms with Crippen LogP contribution in [-0.4, -0.2) is 32.3 Å². The van der Waals surface area contributed by atoms with E-state index in [9.17, 15) is 14.0 Å². The zero-order chi connectivity index (χ0) is 24.6. The highest BCUT2D eigenvalue weighted by molar-refractivity contribution is 7.99. The molecule has 0 saturated heterocycles. The summed E-state index contributed by atoms with van der Waals surface area (Å²) in [5.41, 5.74) is 2.86. The lowest BCUT2D eigenvalue weighted by Crippen LogP contribution is -2.14. The lowest BCUT2D eigenvalue weighted by molar-refractivity contribution is -0.114. The minimum absolute atomic E-state index is 0.118. The van der Waals surface area contributed by atoms with Crippen molar-refractivity contribution in [2.24, 2.45) is 7.05 Å². The van der Waals surface area contributed by atoms with E-state index in [4.69, 9.17) is 0 Å². The molecule has 0 spiro atoms. The summed E-state index contributed by atoms with van der Waals surface area (Å²) >= 11 is 1.24. The Labute approximate surface area is 206 Å². The smallest absolute Gasteiger partial charge is 0.248 e. The number of hydrogen-bond acceptors (Lipinski definition) is 5. The summed E-state index contributed by atoms with van der Waals surface area (Å²) in [7, 11) is 1.81. The SMILES string of the molecule is Cn1c(SCC(=O)Nc2ccc(F)cc2)nnc1-c1cccc(NC(=O)C=Cc2ccccc2)c1. The Balaban J connectivity index is 1.37. The van der Waals surface area contributed by atoms with E-state index >= 15 is 0 Å². The number of amides is 2. The summed E-state index contributed by atoms with van der Waals surface area (Å²) in [5, 5.41) is 14.6. The van der Waals surface area contributed by atoms with Gasteiger partial charge in [-0.05, 0) is 48.0 Å². The number of carbonyl (C=O) groups is 2. The maximum Gasteiger partial charge on any atom is 0.248 e. The van der Waals surface area contributed by atoms with E-state index in [1.54, 1.807) is 16.7 Å². The predicted octanol–water partition coefficient (Wildman–Crippen LogP) is 5.00. The molecule has 176 valence electrons. The molecule has 4 aromatic rings. The first-order valence-electron chi connectivity index (χ1n) is 10.7. The number of anilines is 2. The Kier molecular flexibility index (Phi) is 7.69. The summed E-state index contributed by atoms with van der Waals surface area (Å²) < 4.78 is 14.8. The number of nitrogens with one attached hydrogen (secondary N) is 2. The molecule has 0 unspecified atom stereocenters. The zero-order valence-corrected chi connectivity index (χ0v) is 19.6. The third-order valence-corrected chi connectivity index (χ3v) is 5.93. The molecular formula is C26H22FN5O2S. The molecule has 7 nitrogen and oxygen atoms in total. The fraction of sp³-hybridized carbons (Fsp3) is 0.0769. The first-order valence-corrected chi connectivity index (χ1v) is 11.7. The molecule has 0 aliphatic carbocycles. The van der Waals surface area contributed by atoms with Gasteiger partial charge in [0.1, 0.15) is 5.82 Å². The van der Waals surface area contributed by atoms with Gasteiger partial charge in [0.15, 0.2) is 11.0 Å². The van der Waals surface area contributed by atoms with Gasteiger partial charge in [0, 0.05) is 30.1 Å². The number of aromatic nitrogens is 3. The van der Waals surface area contributed by atoms with E-state index in [0.717, 1.165) is 11.1 Å². The minimum Gasteiger partial charge on any atom is -0.325 e. The average molecular weight is 488 g/mol. The molecule has 0 bridgehead atoms. The second-order valence-corrected chi connectivity index (χ2v) is 8.47. The van der Waals surface area contributed by atoms with Crippen LogP contribution in [0.1, 0.15) is 5.56 Å². The van der Waals surface area contributed by atoms with Crippen molar-refractivity contribution in [3.8, 4) is 11.4 Å². The Hall–Kier alpha value is -4.24. The van der Waals surface area contributed by atoms with E-state index < -0.39 is 0 Å². The molecule has 0 aliphatic heterocycles. The van der Waals surface area contributed by atoms with E-state index in [0.29, 0.717) is 22.4 Å². The van der Waals surface area contributed by atoms with Crippen LogP contribution >= 0.6 is 11.8 Å². The predicted molar refractivity (Wildman–Crippen MR) is 136 cm³/mol. The molecule has 2 amide bonds. The van der Waals surface area contributed by atoms with Crippen LogP contribution in [0.4, 0.5) is 15.8 Å². The van der Waals surface area contributed by atoms with Crippen LogP contribution in [0.5, 0.6) is 0 Å². The third kappa shape index (κ3) is 6.64. The van der Waals surface area contributed by atoms with Gasteiger partial charge in [-0.15, -0.1) is 10.2 Å². The quantitative estimate of drug-likeness (QED) is 0.270. The largest absolute Gasteiger partial charge is 0.325 e. The summed E-state index contributed by atoms with van der Waals surface area (Å²) in [4.78, 5) is 24.5. The van der Waals surface area contributed by atoms with Gasteiger partial charge < -0.3 is 15.2 Å². The molecule has 0 fully saturated rings. The van der Waals surface area contributed by atoms with Gasteiger partial charge in [-0.1, -0.05) is 54.2 Å². The molecule has 0 aliphatic rings. The standard InChI is InChI=1S/C26H22FN5O2S/c1-32-25(30-31-26(32)35-17-24(34)28-21-13-11-20(27)12-14-21)19-8-5-9-22(16-19)29-23(33)15-10-18-6-3-2-4-7-18/h2-16H,17H2,1H3,(H,28,34)(H,29,33). The number of hydrogen-bond donors (Lipinski definition) is 2. The van der Waals surface area contributed by atoms with Crippen molar-refractivity contribution in [2.45, 2.75) is 5.16 Å². The Bertz CT molecular complexity index is 1350. The fourth-order valence-corrected chi connectivity index (χ4v) is 3.92. The third-order valence-electron chi connectivity index (χ3n) is 4.91. The lowest BCUT2D eigenvalue weighted by Gasteiger charge is -2.07. The van der Waals surface area contributed by atoms with E-state index in [-0.39, 0.29) is 23.4 Å².